The molecule has 0 aliphatic heterocycles. The van der Waals surface area contributed by atoms with Gasteiger partial charge in [-0.25, -0.2) is 0 Å². The first kappa shape index (κ1) is 30.1. The highest BCUT2D eigenvalue weighted by Crippen LogP contribution is 2.27. The second kappa shape index (κ2) is 14.6. The molecule has 1 heterocycles. The van der Waals surface area contributed by atoms with Crippen molar-refractivity contribution in [2.75, 3.05) is 19.8 Å². The van der Waals surface area contributed by atoms with Gasteiger partial charge < -0.3 is 18.8 Å². The zero-order chi connectivity index (χ0) is 29.2. The van der Waals surface area contributed by atoms with Gasteiger partial charge in [0.25, 0.3) is 0 Å². The quantitative estimate of drug-likeness (QED) is 0.112. The van der Waals surface area contributed by atoms with Gasteiger partial charge in [0, 0.05) is 47.8 Å². The van der Waals surface area contributed by atoms with Crippen molar-refractivity contribution >= 4 is 22.7 Å². The lowest BCUT2D eigenvalue weighted by atomic mass is 10.0. The molecular weight excluding hydrogens is 514 g/mol. The summed E-state index contributed by atoms with van der Waals surface area (Å²) in [6.45, 7) is 10.3. The molecule has 0 amide bonds. The molecule has 41 heavy (non-hydrogen) atoms. The fourth-order valence-electron chi connectivity index (χ4n) is 5.01. The van der Waals surface area contributed by atoms with Crippen LogP contribution in [0.3, 0.4) is 0 Å². The number of esters is 1. The molecule has 0 unspecified atom stereocenters. The zero-order valence-electron chi connectivity index (χ0n) is 24.6. The molecule has 216 valence electrons. The van der Waals surface area contributed by atoms with E-state index in [4.69, 9.17) is 14.2 Å². The van der Waals surface area contributed by atoms with Gasteiger partial charge in [0.15, 0.2) is 5.78 Å². The molecule has 6 nitrogen and oxygen atoms in total. The van der Waals surface area contributed by atoms with Crippen LogP contribution < -0.4 is 4.74 Å². The van der Waals surface area contributed by atoms with Gasteiger partial charge in [-0.1, -0.05) is 56.3 Å². The molecule has 0 bridgehead atoms. The fraction of sp³-hybridized carbons (Fsp3) is 0.371. The van der Waals surface area contributed by atoms with E-state index in [1.54, 1.807) is 6.92 Å². The first-order valence-electron chi connectivity index (χ1n) is 14.6. The van der Waals surface area contributed by atoms with Crippen molar-refractivity contribution in [3.63, 3.8) is 0 Å². The van der Waals surface area contributed by atoms with E-state index < -0.39 is 0 Å². The Morgan fingerprint density at radius 3 is 2.29 bits per heavy atom. The monoisotopic (exact) mass is 555 g/mol. The highest BCUT2D eigenvalue weighted by Gasteiger charge is 2.18. The van der Waals surface area contributed by atoms with E-state index in [9.17, 15) is 9.59 Å². The van der Waals surface area contributed by atoms with Gasteiger partial charge in [-0.2, -0.15) is 0 Å². The number of nitrogens with zero attached hydrogens (tertiary/aromatic N) is 1. The largest absolute Gasteiger partial charge is 0.483 e. The number of aryl methyl sites for hydroxylation is 1. The summed E-state index contributed by atoms with van der Waals surface area (Å²) in [6.07, 6.45) is 3.66. The van der Waals surface area contributed by atoms with Crippen LogP contribution in [0.25, 0.3) is 10.9 Å². The van der Waals surface area contributed by atoms with Crippen molar-refractivity contribution in [3.8, 4) is 5.75 Å². The number of benzene rings is 3. The summed E-state index contributed by atoms with van der Waals surface area (Å²) in [4.78, 5) is 25.4. The van der Waals surface area contributed by atoms with Crippen molar-refractivity contribution in [2.24, 2.45) is 5.92 Å². The average molecular weight is 556 g/mol. The van der Waals surface area contributed by atoms with Crippen LogP contribution in [0.2, 0.25) is 0 Å². The van der Waals surface area contributed by atoms with Crippen molar-refractivity contribution < 1.29 is 23.8 Å². The number of para-hydroxylation sites is 1. The van der Waals surface area contributed by atoms with Gasteiger partial charge in [0.05, 0.1) is 13.2 Å². The molecule has 0 saturated heterocycles. The predicted octanol–water partition coefficient (Wildman–Crippen LogP) is 7.57. The van der Waals surface area contributed by atoms with Crippen molar-refractivity contribution in [1.29, 1.82) is 0 Å². The number of rotatable bonds is 15. The number of ether oxygens (including phenoxy) is 3. The Morgan fingerprint density at radius 2 is 1.61 bits per heavy atom. The molecule has 0 saturated carbocycles. The maximum absolute atomic E-state index is 13.6. The van der Waals surface area contributed by atoms with Crippen LogP contribution in [-0.4, -0.2) is 36.1 Å². The van der Waals surface area contributed by atoms with Crippen molar-refractivity contribution in [2.45, 2.75) is 59.6 Å². The van der Waals surface area contributed by atoms with E-state index in [1.165, 1.54) is 5.56 Å². The first-order valence-corrected chi connectivity index (χ1v) is 14.6. The number of hydrogen-bond donors (Lipinski definition) is 0. The molecular formula is C35H41NO5. The number of hydrogen-bond acceptors (Lipinski definition) is 5. The van der Waals surface area contributed by atoms with Crippen LogP contribution in [0.15, 0.2) is 79.0 Å². The summed E-state index contributed by atoms with van der Waals surface area (Å²) in [5, 5.41) is 0.895. The third kappa shape index (κ3) is 8.08. The summed E-state index contributed by atoms with van der Waals surface area (Å²) >= 11 is 0. The van der Waals surface area contributed by atoms with Crippen LogP contribution in [-0.2, 0) is 27.2 Å². The summed E-state index contributed by atoms with van der Waals surface area (Å²) in [7, 11) is 0. The normalized spacial score (nSPS) is 12.0. The third-order valence-electron chi connectivity index (χ3n) is 6.98. The van der Waals surface area contributed by atoms with E-state index in [-0.39, 0.29) is 17.9 Å². The Labute approximate surface area is 243 Å². The Kier molecular flexibility index (Phi) is 10.7. The van der Waals surface area contributed by atoms with E-state index in [2.05, 4.69) is 38.1 Å². The van der Waals surface area contributed by atoms with Gasteiger partial charge in [-0.15, -0.1) is 0 Å². The highest BCUT2D eigenvalue weighted by atomic mass is 16.5. The van der Waals surface area contributed by atoms with Gasteiger partial charge >= 0.3 is 5.97 Å². The molecule has 0 aliphatic rings. The van der Waals surface area contributed by atoms with Crippen molar-refractivity contribution in [1.82, 2.24) is 4.57 Å². The summed E-state index contributed by atoms with van der Waals surface area (Å²) in [5.74, 6) is 1.03. The number of fused-ring (bicyclic) bond motifs is 1. The van der Waals surface area contributed by atoms with Crippen LogP contribution >= 0.6 is 0 Å². The topological polar surface area (TPSA) is 66.8 Å². The lowest BCUT2D eigenvalue weighted by molar-refractivity contribution is -0.143. The SMILES string of the molecule is CCOC[C@@H](Oc1ccc(C(=O)c2cn(CCCC(=O)OCC)c3ccccc23)cc1)c1ccc(CC(C)C)cc1. The fourth-order valence-corrected chi connectivity index (χ4v) is 5.01. The Bertz CT molecular complexity index is 1420. The van der Waals surface area contributed by atoms with Gasteiger partial charge in [-0.05, 0) is 74.1 Å². The number of aromatic nitrogens is 1. The Hall–Kier alpha value is -3.90. The zero-order valence-corrected chi connectivity index (χ0v) is 24.6. The minimum atomic E-state index is -0.253. The van der Waals surface area contributed by atoms with Crippen LogP contribution in [0.1, 0.15) is 73.7 Å². The molecule has 1 aromatic heterocycles. The number of ketones is 1. The molecule has 0 fully saturated rings. The van der Waals surface area contributed by atoms with Crippen LogP contribution in [0, 0.1) is 5.92 Å². The average Bonchev–Trinajstić information content (AvgIpc) is 3.34. The molecule has 4 aromatic rings. The Balaban J connectivity index is 1.48. The van der Waals surface area contributed by atoms with Gasteiger partial charge in [0.1, 0.15) is 11.9 Å². The molecule has 1 atom stereocenters. The smallest absolute Gasteiger partial charge is 0.305 e. The van der Waals surface area contributed by atoms with E-state index in [1.807, 2.05) is 66.2 Å². The summed E-state index contributed by atoms with van der Waals surface area (Å²) in [5.41, 5.74) is 4.56. The minimum absolute atomic E-state index is 0.0523. The summed E-state index contributed by atoms with van der Waals surface area (Å²) in [6, 6.07) is 23.7. The maximum Gasteiger partial charge on any atom is 0.305 e. The molecule has 0 spiro atoms. The molecule has 6 heteroatoms. The summed E-state index contributed by atoms with van der Waals surface area (Å²) < 4.78 is 19.2. The van der Waals surface area contributed by atoms with E-state index >= 15 is 0 Å². The second-order valence-electron chi connectivity index (χ2n) is 10.6. The van der Waals surface area contributed by atoms with E-state index in [0.29, 0.717) is 62.0 Å². The Morgan fingerprint density at radius 1 is 0.878 bits per heavy atom. The molecule has 4 rings (SSSR count). The van der Waals surface area contributed by atoms with Gasteiger partial charge in [-0.3, -0.25) is 9.59 Å². The second-order valence-corrected chi connectivity index (χ2v) is 10.6. The first-order chi connectivity index (χ1) is 19.9. The standard InChI is InChI=1S/C35H41NO5/c1-5-39-24-33(27-15-13-26(14-16-27)22-25(3)4)41-29-19-17-28(18-20-29)35(38)31-23-36(21-9-12-34(37)40-6-2)32-11-8-7-10-30(31)32/h7-8,10-11,13-20,23,25,33H,5-6,9,12,21-22,24H2,1-4H3/t33-/m1/s1. The highest BCUT2D eigenvalue weighted by molar-refractivity contribution is 6.16. The van der Waals surface area contributed by atoms with Crippen molar-refractivity contribution in [3.05, 3.63) is 101 Å². The lowest BCUT2D eigenvalue weighted by Crippen LogP contribution is -2.15. The van der Waals surface area contributed by atoms with E-state index in [0.717, 1.165) is 22.9 Å². The molecule has 0 N–H and O–H groups in total. The van der Waals surface area contributed by atoms with Gasteiger partial charge in [0.2, 0.25) is 0 Å². The lowest BCUT2D eigenvalue weighted by Gasteiger charge is -2.20. The molecule has 0 aliphatic carbocycles. The minimum Gasteiger partial charge on any atom is -0.483 e. The number of carbonyl (C=O) groups is 2. The molecule has 0 radical (unpaired) electrons. The van der Waals surface area contributed by atoms with Crippen LogP contribution in [0.5, 0.6) is 5.75 Å². The molecule has 3 aromatic carbocycles. The maximum atomic E-state index is 13.6. The van der Waals surface area contributed by atoms with Crippen LogP contribution in [0.4, 0.5) is 0 Å². The number of carbonyl (C=O) groups excluding carboxylic acids is 2. The predicted molar refractivity (Wildman–Crippen MR) is 163 cm³/mol. The third-order valence-corrected chi connectivity index (χ3v) is 6.98.